The van der Waals surface area contributed by atoms with E-state index >= 15 is 0 Å². The van der Waals surface area contributed by atoms with Crippen molar-refractivity contribution in [3.05, 3.63) is 42.5 Å². The van der Waals surface area contributed by atoms with Crippen LogP contribution in [0.3, 0.4) is 0 Å². The van der Waals surface area contributed by atoms with Gasteiger partial charge in [-0.3, -0.25) is 14.5 Å². The molecule has 1 aromatic rings. The van der Waals surface area contributed by atoms with Crippen molar-refractivity contribution in [2.45, 2.75) is 19.4 Å². The van der Waals surface area contributed by atoms with Crippen LogP contribution in [0.15, 0.2) is 36.9 Å². The number of ether oxygens (including phenoxy) is 1. The average Bonchev–Trinajstić information content (AvgIpc) is 2.65. The highest BCUT2D eigenvalue weighted by Gasteiger charge is 2.27. The van der Waals surface area contributed by atoms with Crippen molar-refractivity contribution in [2.24, 2.45) is 0 Å². The van der Waals surface area contributed by atoms with Crippen molar-refractivity contribution in [2.75, 3.05) is 39.8 Å². The van der Waals surface area contributed by atoms with Gasteiger partial charge in [-0.25, -0.2) is 0 Å². The molecule has 0 bridgehead atoms. The lowest BCUT2D eigenvalue weighted by Crippen LogP contribution is -2.55. The van der Waals surface area contributed by atoms with Crippen molar-refractivity contribution in [1.29, 1.82) is 0 Å². The maximum atomic E-state index is 12.5. The zero-order chi connectivity index (χ0) is 18.2. The Morgan fingerprint density at radius 2 is 2.04 bits per heavy atom. The van der Waals surface area contributed by atoms with Crippen LogP contribution in [-0.2, 0) is 16.0 Å². The van der Waals surface area contributed by atoms with E-state index in [0.717, 1.165) is 11.3 Å². The van der Waals surface area contributed by atoms with E-state index in [9.17, 15) is 9.59 Å². The number of carbonyl (C=O) groups is 2. The minimum absolute atomic E-state index is 0.00365. The third kappa shape index (κ3) is 5.32. The van der Waals surface area contributed by atoms with E-state index in [2.05, 4.69) is 16.8 Å². The van der Waals surface area contributed by atoms with Crippen LogP contribution in [0.1, 0.15) is 12.5 Å². The molecule has 1 fully saturated rings. The molecular weight excluding hydrogens is 318 g/mol. The van der Waals surface area contributed by atoms with Crippen molar-refractivity contribution in [1.82, 2.24) is 15.1 Å². The first-order valence-electron chi connectivity index (χ1n) is 8.58. The summed E-state index contributed by atoms with van der Waals surface area (Å²) >= 11 is 0. The third-order valence-corrected chi connectivity index (χ3v) is 4.50. The van der Waals surface area contributed by atoms with E-state index in [1.807, 2.05) is 36.1 Å². The molecule has 0 saturated carbocycles. The highest BCUT2D eigenvalue weighted by atomic mass is 16.5. The summed E-state index contributed by atoms with van der Waals surface area (Å²) in [7, 11) is 1.62. The summed E-state index contributed by atoms with van der Waals surface area (Å²) < 4.78 is 5.20. The number of amides is 2. The standard InChI is InChI=1S/C19H27N3O3/c1-4-8-20-19(24)15(2)21-9-11-22(12-10-21)18(23)14-16-6-5-7-17(13-16)25-3/h4-7,13,15H,1,8-12,14H2,2-3H3,(H,20,24). The highest BCUT2D eigenvalue weighted by molar-refractivity contribution is 5.81. The minimum atomic E-state index is -0.199. The molecule has 1 aliphatic heterocycles. The number of methoxy groups -OCH3 is 1. The lowest BCUT2D eigenvalue weighted by Gasteiger charge is -2.37. The molecule has 1 unspecified atom stereocenters. The monoisotopic (exact) mass is 345 g/mol. The van der Waals surface area contributed by atoms with E-state index < -0.39 is 0 Å². The van der Waals surface area contributed by atoms with Crippen LogP contribution in [0.5, 0.6) is 5.75 Å². The summed E-state index contributed by atoms with van der Waals surface area (Å²) in [6.07, 6.45) is 2.03. The fourth-order valence-electron chi connectivity index (χ4n) is 2.91. The van der Waals surface area contributed by atoms with E-state index in [-0.39, 0.29) is 17.9 Å². The first kappa shape index (κ1) is 19.0. The summed E-state index contributed by atoms with van der Waals surface area (Å²) in [6.45, 7) is 8.65. The largest absolute Gasteiger partial charge is 0.497 e. The molecule has 2 amide bonds. The fraction of sp³-hybridized carbons (Fsp3) is 0.474. The van der Waals surface area contributed by atoms with Gasteiger partial charge in [0.1, 0.15) is 5.75 Å². The molecule has 0 aliphatic carbocycles. The van der Waals surface area contributed by atoms with Crippen molar-refractivity contribution < 1.29 is 14.3 Å². The molecule has 2 rings (SSSR count). The van der Waals surface area contributed by atoms with Crippen LogP contribution in [0.25, 0.3) is 0 Å². The Labute approximate surface area is 149 Å². The van der Waals surface area contributed by atoms with Crippen LogP contribution in [0.4, 0.5) is 0 Å². The molecule has 1 aliphatic rings. The zero-order valence-corrected chi connectivity index (χ0v) is 15.0. The first-order chi connectivity index (χ1) is 12.0. The number of nitrogens with one attached hydrogen (secondary N) is 1. The van der Waals surface area contributed by atoms with Gasteiger partial charge in [-0.2, -0.15) is 0 Å². The van der Waals surface area contributed by atoms with E-state index in [4.69, 9.17) is 4.74 Å². The van der Waals surface area contributed by atoms with Crippen molar-refractivity contribution >= 4 is 11.8 Å². The van der Waals surface area contributed by atoms with Crippen LogP contribution in [0.2, 0.25) is 0 Å². The maximum Gasteiger partial charge on any atom is 0.237 e. The van der Waals surface area contributed by atoms with Crippen LogP contribution < -0.4 is 10.1 Å². The van der Waals surface area contributed by atoms with E-state index in [0.29, 0.717) is 39.1 Å². The molecule has 6 nitrogen and oxygen atoms in total. The van der Waals surface area contributed by atoms with E-state index in [1.165, 1.54) is 0 Å². The van der Waals surface area contributed by atoms with Crippen molar-refractivity contribution in [3.8, 4) is 5.75 Å². The normalized spacial score (nSPS) is 16.2. The summed E-state index contributed by atoms with van der Waals surface area (Å²) in [5.41, 5.74) is 0.948. The molecule has 1 saturated heterocycles. The Morgan fingerprint density at radius 3 is 2.68 bits per heavy atom. The smallest absolute Gasteiger partial charge is 0.237 e. The summed E-state index contributed by atoms with van der Waals surface area (Å²) in [5.74, 6) is 0.863. The molecule has 1 aromatic carbocycles. The number of carbonyl (C=O) groups excluding carboxylic acids is 2. The molecule has 136 valence electrons. The third-order valence-electron chi connectivity index (χ3n) is 4.50. The Morgan fingerprint density at radius 1 is 1.32 bits per heavy atom. The summed E-state index contributed by atoms with van der Waals surface area (Å²) in [4.78, 5) is 28.5. The maximum absolute atomic E-state index is 12.5. The van der Waals surface area contributed by atoms with Gasteiger partial charge in [0, 0.05) is 32.7 Å². The Balaban J connectivity index is 1.83. The Bertz CT molecular complexity index is 610. The van der Waals surface area contributed by atoms with Crippen LogP contribution in [-0.4, -0.2) is 67.5 Å². The second-order valence-corrected chi connectivity index (χ2v) is 6.15. The molecule has 0 spiro atoms. The lowest BCUT2D eigenvalue weighted by molar-refractivity contribution is -0.133. The zero-order valence-electron chi connectivity index (χ0n) is 15.0. The molecule has 6 heteroatoms. The van der Waals surface area contributed by atoms with Gasteiger partial charge in [0.2, 0.25) is 11.8 Å². The molecule has 1 atom stereocenters. The Kier molecular flexibility index (Phi) is 7.01. The molecule has 0 aromatic heterocycles. The van der Waals surface area contributed by atoms with Gasteiger partial charge < -0.3 is 15.0 Å². The molecular formula is C19H27N3O3. The van der Waals surface area contributed by atoms with E-state index in [1.54, 1.807) is 13.2 Å². The highest BCUT2D eigenvalue weighted by Crippen LogP contribution is 2.15. The number of rotatable bonds is 7. The van der Waals surface area contributed by atoms with Gasteiger partial charge in [-0.05, 0) is 24.6 Å². The van der Waals surface area contributed by atoms with Gasteiger partial charge in [0.15, 0.2) is 0 Å². The summed E-state index contributed by atoms with van der Waals surface area (Å²) in [6, 6.07) is 7.38. The summed E-state index contributed by atoms with van der Waals surface area (Å²) in [5, 5.41) is 2.82. The molecule has 0 radical (unpaired) electrons. The van der Waals surface area contributed by atoms with Gasteiger partial charge in [0.05, 0.1) is 19.6 Å². The topological polar surface area (TPSA) is 61.9 Å². The average molecular weight is 345 g/mol. The van der Waals surface area contributed by atoms with Crippen molar-refractivity contribution in [3.63, 3.8) is 0 Å². The number of hydrogen-bond donors (Lipinski definition) is 1. The van der Waals surface area contributed by atoms with Gasteiger partial charge in [0.25, 0.3) is 0 Å². The molecule has 1 heterocycles. The molecule has 25 heavy (non-hydrogen) atoms. The number of nitrogens with zero attached hydrogens (tertiary/aromatic N) is 2. The van der Waals surface area contributed by atoms with Crippen LogP contribution in [0, 0.1) is 0 Å². The fourth-order valence-corrected chi connectivity index (χ4v) is 2.91. The predicted molar refractivity (Wildman–Crippen MR) is 97.5 cm³/mol. The number of hydrogen-bond acceptors (Lipinski definition) is 4. The SMILES string of the molecule is C=CCNC(=O)C(C)N1CCN(C(=O)Cc2cccc(OC)c2)CC1. The second kappa shape index (κ2) is 9.22. The first-order valence-corrected chi connectivity index (χ1v) is 8.58. The minimum Gasteiger partial charge on any atom is -0.497 e. The second-order valence-electron chi connectivity index (χ2n) is 6.15. The lowest BCUT2D eigenvalue weighted by atomic mass is 10.1. The quantitative estimate of drug-likeness (QED) is 0.751. The van der Waals surface area contributed by atoms with Gasteiger partial charge >= 0.3 is 0 Å². The van der Waals surface area contributed by atoms with Gasteiger partial charge in [-0.15, -0.1) is 6.58 Å². The number of benzene rings is 1. The van der Waals surface area contributed by atoms with Crippen LogP contribution >= 0.6 is 0 Å². The van der Waals surface area contributed by atoms with Gasteiger partial charge in [-0.1, -0.05) is 18.2 Å². The Hall–Kier alpha value is -2.34. The predicted octanol–water partition coefficient (Wildman–Crippen LogP) is 1.07. The number of piperazine rings is 1. The molecule has 1 N–H and O–H groups in total.